The number of aromatic hydroxyl groups is 1. The zero-order valence-electron chi connectivity index (χ0n) is 18.9. The van der Waals surface area contributed by atoms with Crippen molar-refractivity contribution in [2.75, 3.05) is 12.9 Å². The van der Waals surface area contributed by atoms with E-state index in [1.54, 1.807) is 24.5 Å². The van der Waals surface area contributed by atoms with Crippen LogP contribution in [-0.4, -0.2) is 66.1 Å². The Labute approximate surface area is 213 Å². The van der Waals surface area contributed by atoms with Crippen LogP contribution in [0.25, 0.3) is 10.9 Å². The third-order valence-corrected chi connectivity index (χ3v) is 9.41. The SMILES string of the molecule is COc1cc([C@@]2(c3ncc[nH]3)SC(c3c(/C(=N\O)C(=O)O)[nH]c4ccccc34)SC[C@H]2O)ccc1O. The molecule has 6 N–H and O–H groups in total. The maximum absolute atomic E-state index is 11.9. The summed E-state index contributed by atoms with van der Waals surface area (Å²) in [4.78, 5) is 22.6. The molecule has 1 aliphatic rings. The number of thioether (sulfide) groups is 2. The van der Waals surface area contributed by atoms with Crippen molar-refractivity contribution in [2.24, 2.45) is 5.16 Å². The first-order valence-electron chi connectivity index (χ1n) is 10.8. The number of ether oxygens (including phenoxy) is 1. The second-order valence-electron chi connectivity index (χ2n) is 8.07. The lowest BCUT2D eigenvalue weighted by Crippen LogP contribution is -2.43. The molecule has 36 heavy (non-hydrogen) atoms. The molecule has 5 rings (SSSR count). The molecular formula is C24H22N4O6S2. The number of rotatable bonds is 6. The van der Waals surface area contributed by atoms with Crippen LogP contribution in [-0.2, 0) is 9.54 Å². The Morgan fingerprint density at radius 3 is 2.78 bits per heavy atom. The number of oxime groups is 1. The third-order valence-electron chi connectivity index (χ3n) is 6.15. The van der Waals surface area contributed by atoms with Gasteiger partial charge in [0.2, 0.25) is 5.71 Å². The number of nitrogens with one attached hydrogen (secondary N) is 2. The van der Waals surface area contributed by atoms with Crippen LogP contribution in [0.2, 0.25) is 0 Å². The molecule has 2 aromatic heterocycles. The van der Waals surface area contributed by atoms with Crippen molar-refractivity contribution in [3.8, 4) is 11.5 Å². The molecular weight excluding hydrogens is 504 g/mol. The lowest BCUT2D eigenvalue weighted by Gasteiger charge is -2.43. The summed E-state index contributed by atoms with van der Waals surface area (Å²) >= 11 is 2.83. The van der Waals surface area contributed by atoms with Crippen LogP contribution < -0.4 is 4.74 Å². The zero-order chi connectivity index (χ0) is 25.4. The van der Waals surface area contributed by atoms with Crippen LogP contribution >= 0.6 is 23.5 Å². The highest BCUT2D eigenvalue weighted by Crippen LogP contribution is 2.61. The molecule has 0 amide bonds. The maximum Gasteiger partial charge on any atom is 0.360 e. The second kappa shape index (κ2) is 9.45. The van der Waals surface area contributed by atoms with Crippen LogP contribution in [0.3, 0.4) is 0 Å². The number of aliphatic carboxylic acids is 1. The summed E-state index contributed by atoms with van der Waals surface area (Å²) in [5.74, 6) is -0.389. The standard InChI is InChI=1S/C24H22N4O6S2/c1-34-16-10-12(6-7-15(16)29)24(23-25-8-9-26-23)17(30)11-35-22(36-24)18-13-4-2-3-5-14(13)27-19(18)20(28-33)21(31)32/h2-10,17,22,27,29-30,33H,11H2,1H3,(H,25,26)(H,31,32)/b28-20+/t17-,22?,24-/m1/s1. The van der Waals surface area contributed by atoms with Crippen LogP contribution in [0.4, 0.5) is 0 Å². The fraction of sp³-hybridized carbons (Fsp3) is 0.208. The van der Waals surface area contributed by atoms with Gasteiger partial charge >= 0.3 is 5.97 Å². The largest absolute Gasteiger partial charge is 0.504 e. The van der Waals surface area contributed by atoms with E-state index >= 15 is 0 Å². The first kappa shape index (κ1) is 24.1. The molecule has 1 saturated heterocycles. The van der Waals surface area contributed by atoms with Gasteiger partial charge in [0, 0.05) is 34.6 Å². The molecule has 10 nitrogen and oxygen atoms in total. The number of hydrogen-bond acceptors (Lipinski definition) is 9. The molecule has 0 aliphatic carbocycles. The Kier molecular flexibility index (Phi) is 6.33. The fourth-order valence-corrected chi connectivity index (χ4v) is 8.02. The highest BCUT2D eigenvalue weighted by Gasteiger charge is 2.51. The minimum Gasteiger partial charge on any atom is -0.504 e. The molecule has 2 aromatic carbocycles. The van der Waals surface area contributed by atoms with Gasteiger partial charge in [0.1, 0.15) is 10.6 Å². The van der Waals surface area contributed by atoms with Crippen LogP contribution in [0, 0.1) is 0 Å². The predicted octanol–water partition coefficient (Wildman–Crippen LogP) is 3.65. The first-order valence-corrected chi connectivity index (χ1v) is 12.7. The van der Waals surface area contributed by atoms with E-state index in [0.29, 0.717) is 28.2 Å². The van der Waals surface area contributed by atoms with Gasteiger partial charge in [-0.25, -0.2) is 9.78 Å². The number of nitrogens with zero attached hydrogens (tertiary/aromatic N) is 2. The van der Waals surface area contributed by atoms with E-state index in [-0.39, 0.29) is 17.2 Å². The van der Waals surface area contributed by atoms with E-state index in [0.717, 1.165) is 5.39 Å². The molecule has 0 saturated carbocycles. The highest BCUT2D eigenvalue weighted by molar-refractivity contribution is 8.17. The van der Waals surface area contributed by atoms with Crippen molar-refractivity contribution in [2.45, 2.75) is 15.4 Å². The predicted molar refractivity (Wildman–Crippen MR) is 137 cm³/mol. The summed E-state index contributed by atoms with van der Waals surface area (Å²) in [5.41, 5.74) is 1.63. The van der Waals surface area contributed by atoms with Crippen molar-refractivity contribution in [3.05, 3.63) is 77.5 Å². The molecule has 1 fully saturated rings. The molecule has 1 unspecified atom stereocenters. The van der Waals surface area contributed by atoms with Crippen LogP contribution in [0.15, 0.2) is 60.0 Å². The van der Waals surface area contributed by atoms with Gasteiger partial charge < -0.3 is 35.2 Å². The molecule has 0 spiro atoms. The number of carboxylic acids is 1. The summed E-state index contributed by atoms with van der Waals surface area (Å²) in [7, 11) is 1.45. The van der Waals surface area contributed by atoms with Crippen LogP contribution in [0.1, 0.15) is 27.2 Å². The van der Waals surface area contributed by atoms with Crippen molar-refractivity contribution < 1.29 is 30.1 Å². The summed E-state index contributed by atoms with van der Waals surface area (Å²) in [5, 5.41) is 44.7. The molecule has 186 valence electrons. The normalized spacial score (nSPS) is 22.6. The van der Waals surface area contributed by atoms with Crippen LogP contribution in [0.5, 0.6) is 11.5 Å². The quantitative estimate of drug-likeness (QED) is 0.125. The highest BCUT2D eigenvalue weighted by atomic mass is 32.2. The summed E-state index contributed by atoms with van der Waals surface area (Å²) in [6.45, 7) is 0. The number of carbonyl (C=O) groups is 1. The van der Waals surface area contributed by atoms with Gasteiger partial charge in [0.25, 0.3) is 0 Å². The number of aromatic nitrogens is 3. The number of imidazole rings is 1. The smallest absolute Gasteiger partial charge is 0.360 e. The molecule has 3 heterocycles. The monoisotopic (exact) mass is 526 g/mol. The fourth-order valence-electron chi connectivity index (χ4n) is 4.50. The van der Waals surface area contributed by atoms with Crippen molar-refractivity contribution in [1.82, 2.24) is 15.0 Å². The summed E-state index contributed by atoms with van der Waals surface area (Å²) in [6.07, 6.45) is 2.36. The maximum atomic E-state index is 11.9. The van der Waals surface area contributed by atoms with E-state index in [4.69, 9.17) is 4.74 Å². The van der Waals surface area contributed by atoms with Gasteiger partial charge in [-0.15, -0.1) is 23.5 Å². The Balaban J connectivity index is 1.72. The van der Waals surface area contributed by atoms with Gasteiger partial charge in [-0.1, -0.05) is 29.4 Å². The van der Waals surface area contributed by atoms with E-state index in [2.05, 4.69) is 20.1 Å². The van der Waals surface area contributed by atoms with E-state index in [1.807, 2.05) is 24.3 Å². The van der Waals surface area contributed by atoms with E-state index in [9.17, 15) is 25.3 Å². The lowest BCUT2D eigenvalue weighted by atomic mass is 9.91. The number of benzene rings is 2. The zero-order valence-corrected chi connectivity index (χ0v) is 20.5. The first-order chi connectivity index (χ1) is 17.4. The third kappa shape index (κ3) is 3.77. The second-order valence-corrected chi connectivity index (χ2v) is 10.9. The summed E-state index contributed by atoms with van der Waals surface area (Å²) in [6, 6.07) is 12.2. The average Bonchev–Trinajstić information content (AvgIpc) is 3.54. The molecule has 0 bridgehead atoms. The molecule has 0 radical (unpaired) electrons. The van der Waals surface area contributed by atoms with Gasteiger partial charge in [-0.05, 0) is 23.8 Å². The molecule has 3 atom stereocenters. The topological polar surface area (TPSA) is 164 Å². The molecule has 4 aromatic rings. The minimum absolute atomic E-state index is 0.0405. The average molecular weight is 527 g/mol. The molecule has 1 aliphatic heterocycles. The summed E-state index contributed by atoms with van der Waals surface area (Å²) < 4.78 is 3.81. The Bertz CT molecular complexity index is 1450. The van der Waals surface area contributed by atoms with E-state index in [1.165, 1.54) is 36.7 Å². The Morgan fingerprint density at radius 1 is 1.28 bits per heavy atom. The van der Waals surface area contributed by atoms with Crippen molar-refractivity contribution >= 4 is 46.1 Å². The Hall–Kier alpha value is -3.61. The number of H-pyrrole nitrogens is 2. The molecule has 12 heteroatoms. The van der Waals surface area contributed by atoms with Gasteiger partial charge in [-0.3, -0.25) is 0 Å². The van der Waals surface area contributed by atoms with Crippen molar-refractivity contribution in [3.63, 3.8) is 0 Å². The van der Waals surface area contributed by atoms with E-state index < -0.39 is 27.1 Å². The number of para-hydroxylation sites is 1. The van der Waals surface area contributed by atoms with Gasteiger partial charge in [0.05, 0.1) is 23.5 Å². The number of aliphatic hydroxyl groups is 1. The number of carboxylic acid groups (broad SMARTS) is 1. The number of aromatic amines is 2. The number of aliphatic hydroxyl groups excluding tert-OH is 1. The van der Waals surface area contributed by atoms with Gasteiger partial charge in [0.15, 0.2) is 11.5 Å². The number of phenols is 1. The number of phenolic OH excluding ortho intramolecular Hbond substituents is 1. The Morgan fingerprint density at radius 2 is 2.08 bits per heavy atom. The number of methoxy groups -OCH3 is 1. The lowest BCUT2D eigenvalue weighted by molar-refractivity contribution is -0.129. The minimum atomic E-state index is -1.38. The number of fused-ring (bicyclic) bond motifs is 1. The number of hydrogen-bond donors (Lipinski definition) is 6. The van der Waals surface area contributed by atoms with Crippen molar-refractivity contribution in [1.29, 1.82) is 0 Å². The van der Waals surface area contributed by atoms with Gasteiger partial charge in [-0.2, -0.15) is 0 Å².